The van der Waals surface area contributed by atoms with Gasteiger partial charge in [-0.15, -0.1) is 11.3 Å². The number of pyridine rings is 1. The van der Waals surface area contributed by atoms with Gasteiger partial charge in [0.1, 0.15) is 5.82 Å². The largest absolute Gasteiger partial charge is 0.397 e. The molecular weight excluding hydrogens is 230 g/mol. The number of aromatic nitrogens is 1. The highest BCUT2D eigenvalue weighted by Crippen LogP contribution is 2.19. The van der Waals surface area contributed by atoms with Crippen LogP contribution in [0.3, 0.4) is 0 Å². The van der Waals surface area contributed by atoms with Gasteiger partial charge in [0, 0.05) is 4.88 Å². The second-order valence-corrected chi connectivity index (χ2v) is 5.00. The van der Waals surface area contributed by atoms with Gasteiger partial charge in [-0.2, -0.15) is 0 Å². The molecule has 2 aromatic heterocycles. The van der Waals surface area contributed by atoms with Crippen LogP contribution in [-0.2, 0) is 13.0 Å². The highest BCUT2D eigenvalue weighted by atomic mass is 32.1. The van der Waals surface area contributed by atoms with Crippen LogP contribution in [0.2, 0.25) is 0 Å². The Balaban J connectivity index is 2.05. The molecule has 0 unspecified atom stereocenters. The lowest BCUT2D eigenvalue weighted by Gasteiger charge is -2.07. The number of hydrogen-bond acceptors (Lipinski definition) is 4. The van der Waals surface area contributed by atoms with E-state index < -0.39 is 0 Å². The fourth-order valence-corrected chi connectivity index (χ4v) is 2.59. The van der Waals surface area contributed by atoms with Crippen LogP contribution in [0, 0.1) is 6.92 Å². The minimum Gasteiger partial charge on any atom is -0.397 e. The Morgan fingerprint density at radius 1 is 1.47 bits per heavy atom. The summed E-state index contributed by atoms with van der Waals surface area (Å²) in [5.74, 6) is 0.882. The second kappa shape index (κ2) is 5.19. The fraction of sp³-hybridized carbons (Fsp3) is 0.308. The monoisotopic (exact) mass is 247 g/mol. The Labute approximate surface area is 106 Å². The molecule has 0 aromatic carbocycles. The van der Waals surface area contributed by atoms with Crippen molar-refractivity contribution in [3.05, 3.63) is 39.7 Å². The molecule has 2 heterocycles. The smallest absolute Gasteiger partial charge is 0.126 e. The van der Waals surface area contributed by atoms with Crippen LogP contribution < -0.4 is 11.1 Å². The number of nitrogens with one attached hydrogen (secondary N) is 1. The van der Waals surface area contributed by atoms with Gasteiger partial charge in [0.25, 0.3) is 0 Å². The SMILES string of the molecule is CCc1ccsc1CNc1cc(C)c(N)cn1. The molecule has 90 valence electrons. The van der Waals surface area contributed by atoms with E-state index in [4.69, 9.17) is 5.73 Å². The Morgan fingerprint density at radius 3 is 3.00 bits per heavy atom. The minimum atomic E-state index is 0.737. The standard InChI is InChI=1S/C13H17N3S/c1-3-10-4-5-17-12(10)8-16-13-6-9(2)11(14)7-15-13/h4-7H,3,8,14H2,1-2H3,(H,15,16). The van der Waals surface area contributed by atoms with Gasteiger partial charge < -0.3 is 11.1 Å². The van der Waals surface area contributed by atoms with E-state index in [9.17, 15) is 0 Å². The van der Waals surface area contributed by atoms with E-state index in [2.05, 4.69) is 28.7 Å². The van der Waals surface area contributed by atoms with Crippen LogP contribution >= 0.6 is 11.3 Å². The van der Waals surface area contributed by atoms with Crippen LogP contribution in [0.5, 0.6) is 0 Å². The highest BCUT2D eigenvalue weighted by Gasteiger charge is 2.03. The summed E-state index contributed by atoms with van der Waals surface area (Å²) in [5.41, 5.74) is 8.95. The summed E-state index contributed by atoms with van der Waals surface area (Å²) in [6, 6.07) is 4.16. The van der Waals surface area contributed by atoms with Crippen LogP contribution in [0.4, 0.5) is 11.5 Å². The van der Waals surface area contributed by atoms with Crippen LogP contribution in [0.15, 0.2) is 23.7 Å². The molecule has 3 nitrogen and oxygen atoms in total. The zero-order valence-corrected chi connectivity index (χ0v) is 11.0. The van der Waals surface area contributed by atoms with Gasteiger partial charge in [-0.3, -0.25) is 0 Å². The minimum absolute atomic E-state index is 0.737. The first-order valence-corrected chi connectivity index (χ1v) is 6.60. The number of nitrogens with two attached hydrogens (primary N) is 1. The first-order valence-electron chi connectivity index (χ1n) is 5.72. The molecule has 0 spiro atoms. The van der Waals surface area contributed by atoms with Crippen molar-refractivity contribution in [2.45, 2.75) is 26.8 Å². The van der Waals surface area contributed by atoms with E-state index in [1.54, 1.807) is 17.5 Å². The summed E-state index contributed by atoms with van der Waals surface area (Å²) in [4.78, 5) is 5.64. The molecular formula is C13H17N3S. The van der Waals surface area contributed by atoms with E-state index in [1.807, 2.05) is 13.0 Å². The molecule has 0 saturated carbocycles. The number of anilines is 2. The van der Waals surface area contributed by atoms with Crippen molar-refractivity contribution in [1.29, 1.82) is 0 Å². The Bertz CT molecular complexity index is 505. The van der Waals surface area contributed by atoms with Crippen LogP contribution in [0.25, 0.3) is 0 Å². The number of aryl methyl sites for hydroxylation is 2. The average Bonchev–Trinajstić information content (AvgIpc) is 2.78. The first kappa shape index (κ1) is 11.9. The van der Waals surface area contributed by atoms with Gasteiger partial charge in [0.15, 0.2) is 0 Å². The summed E-state index contributed by atoms with van der Waals surface area (Å²) in [6.45, 7) is 5.00. The third-order valence-corrected chi connectivity index (χ3v) is 3.76. The Morgan fingerprint density at radius 2 is 2.29 bits per heavy atom. The number of hydrogen-bond donors (Lipinski definition) is 2. The number of nitrogens with zero attached hydrogens (tertiary/aromatic N) is 1. The molecule has 0 bridgehead atoms. The van der Waals surface area contributed by atoms with Crippen molar-refractivity contribution < 1.29 is 0 Å². The maximum atomic E-state index is 5.74. The van der Waals surface area contributed by atoms with Gasteiger partial charge in [0.05, 0.1) is 18.4 Å². The van der Waals surface area contributed by atoms with E-state index in [1.165, 1.54) is 10.4 Å². The highest BCUT2D eigenvalue weighted by molar-refractivity contribution is 7.10. The molecule has 2 rings (SSSR count). The van der Waals surface area contributed by atoms with E-state index in [0.717, 1.165) is 30.0 Å². The average molecular weight is 247 g/mol. The third-order valence-electron chi connectivity index (χ3n) is 2.80. The van der Waals surface area contributed by atoms with Gasteiger partial charge >= 0.3 is 0 Å². The van der Waals surface area contributed by atoms with Crippen LogP contribution in [-0.4, -0.2) is 4.98 Å². The molecule has 0 fully saturated rings. The topological polar surface area (TPSA) is 50.9 Å². The number of nitrogen functional groups attached to an aromatic ring is 1. The maximum absolute atomic E-state index is 5.74. The van der Waals surface area contributed by atoms with Crippen molar-refractivity contribution in [3.8, 4) is 0 Å². The number of rotatable bonds is 4. The lowest BCUT2D eigenvalue weighted by atomic mass is 10.2. The zero-order chi connectivity index (χ0) is 12.3. The molecule has 0 aliphatic rings. The molecule has 0 radical (unpaired) electrons. The Kier molecular flexibility index (Phi) is 3.64. The quantitative estimate of drug-likeness (QED) is 0.872. The molecule has 2 aromatic rings. The lowest BCUT2D eigenvalue weighted by molar-refractivity contribution is 1.07. The van der Waals surface area contributed by atoms with Crippen molar-refractivity contribution in [3.63, 3.8) is 0 Å². The summed E-state index contributed by atoms with van der Waals surface area (Å²) in [6.07, 6.45) is 2.78. The summed E-state index contributed by atoms with van der Waals surface area (Å²) >= 11 is 1.79. The first-order chi connectivity index (χ1) is 8.20. The van der Waals surface area contributed by atoms with Crippen LogP contribution in [0.1, 0.15) is 22.9 Å². The molecule has 0 amide bonds. The summed E-state index contributed by atoms with van der Waals surface area (Å²) < 4.78 is 0. The molecule has 0 atom stereocenters. The van der Waals surface area contributed by atoms with E-state index >= 15 is 0 Å². The summed E-state index contributed by atoms with van der Waals surface area (Å²) in [7, 11) is 0. The summed E-state index contributed by atoms with van der Waals surface area (Å²) in [5, 5.41) is 5.47. The zero-order valence-electron chi connectivity index (χ0n) is 10.2. The Hall–Kier alpha value is -1.55. The predicted octanol–water partition coefficient (Wildman–Crippen LogP) is 3.21. The normalized spacial score (nSPS) is 10.5. The van der Waals surface area contributed by atoms with Crippen molar-refractivity contribution >= 4 is 22.8 Å². The molecule has 0 aliphatic heterocycles. The van der Waals surface area contributed by atoms with Gasteiger partial charge in [-0.25, -0.2) is 4.98 Å². The fourth-order valence-electron chi connectivity index (χ4n) is 1.67. The van der Waals surface area contributed by atoms with Gasteiger partial charge in [-0.05, 0) is 42.0 Å². The number of thiophene rings is 1. The second-order valence-electron chi connectivity index (χ2n) is 4.00. The molecule has 4 heteroatoms. The molecule has 3 N–H and O–H groups in total. The van der Waals surface area contributed by atoms with Crippen molar-refractivity contribution in [2.24, 2.45) is 0 Å². The predicted molar refractivity (Wildman–Crippen MR) is 74.4 cm³/mol. The lowest BCUT2D eigenvalue weighted by Crippen LogP contribution is -2.02. The van der Waals surface area contributed by atoms with E-state index in [-0.39, 0.29) is 0 Å². The van der Waals surface area contributed by atoms with Crippen molar-refractivity contribution in [1.82, 2.24) is 4.98 Å². The van der Waals surface area contributed by atoms with E-state index in [0.29, 0.717) is 0 Å². The van der Waals surface area contributed by atoms with Gasteiger partial charge in [-0.1, -0.05) is 6.92 Å². The molecule has 0 saturated heterocycles. The third kappa shape index (κ3) is 2.77. The molecule has 17 heavy (non-hydrogen) atoms. The van der Waals surface area contributed by atoms with Crippen molar-refractivity contribution in [2.75, 3.05) is 11.1 Å². The molecule has 0 aliphatic carbocycles. The maximum Gasteiger partial charge on any atom is 0.126 e. The van der Waals surface area contributed by atoms with Gasteiger partial charge in [0.2, 0.25) is 0 Å².